The zero-order valence-electron chi connectivity index (χ0n) is 24.0. The van der Waals surface area contributed by atoms with Crippen molar-refractivity contribution in [2.45, 2.75) is 49.1 Å². The minimum Gasteiger partial charge on any atom is -0.455 e. The molecule has 4 aromatic rings. The molecule has 0 radical (unpaired) electrons. The van der Waals surface area contributed by atoms with Gasteiger partial charge in [-0.3, -0.25) is 9.59 Å². The molecule has 0 aliphatic heterocycles. The molecule has 0 heterocycles. The van der Waals surface area contributed by atoms with E-state index in [4.69, 9.17) is 4.74 Å². The zero-order chi connectivity index (χ0) is 29.9. The van der Waals surface area contributed by atoms with Crippen LogP contribution in [0, 0.1) is 12.8 Å². The number of ketones is 1. The Labute approximate surface area is 248 Å². The SMILES string of the molecule is Cc1ccc(S(=O)(=O)N(C)[C@@H](C)[C@H](OC(=O)[C@@H]2C(=O)C[C@@H](c3ccccc3)[C@@H]2c2ccccc2)c2ccccc2)cc1. The number of nitrogens with zero attached hydrogens (tertiary/aromatic N) is 1. The molecule has 0 unspecified atom stereocenters. The normalized spacial score (nSPS) is 20.3. The number of hydrogen-bond donors (Lipinski definition) is 0. The number of sulfonamides is 1. The third-order valence-corrected chi connectivity index (χ3v) is 10.3. The molecule has 0 amide bonds. The average Bonchev–Trinajstić information content (AvgIpc) is 3.37. The molecule has 0 spiro atoms. The maximum Gasteiger partial charge on any atom is 0.317 e. The molecule has 1 fully saturated rings. The largest absolute Gasteiger partial charge is 0.455 e. The van der Waals surface area contributed by atoms with Crippen molar-refractivity contribution >= 4 is 21.8 Å². The molecule has 5 atom stereocenters. The molecule has 0 bridgehead atoms. The van der Waals surface area contributed by atoms with Gasteiger partial charge in [0.1, 0.15) is 17.8 Å². The number of rotatable bonds is 9. The zero-order valence-corrected chi connectivity index (χ0v) is 24.8. The van der Waals surface area contributed by atoms with Gasteiger partial charge in [-0.15, -0.1) is 0 Å². The first-order valence-electron chi connectivity index (χ1n) is 14.1. The van der Waals surface area contributed by atoms with Crippen molar-refractivity contribution in [1.29, 1.82) is 0 Å². The monoisotopic (exact) mass is 581 g/mol. The van der Waals surface area contributed by atoms with Crippen molar-refractivity contribution in [1.82, 2.24) is 4.31 Å². The number of hydrogen-bond acceptors (Lipinski definition) is 5. The van der Waals surface area contributed by atoms with Crippen LogP contribution < -0.4 is 0 Å². The molecule has 0 aromatic heterocycles. The molecule has 4 aromatic carbocycles. The lowest BCUT2D eigenvalue weighted by atomic mass is 9.80. The average molecular weight is 582 g/mol. The Morgan fingerprint density at radius 3 is 1.90 bits per heavy atom. The van der Waals surface area contributed by atoms with Crippen LogP contribution in [0.1, 0.15) is 53.5 Å². The predicted molar refractivity (Wildman–Crippen MR) is 162 cm³/mol. The predicted octanol–water partition coefficient (Wildman–Crippen LogP) is 6.45. The van der Waals surface area contributed by atoms with Crippen LogP contribution in [0.4, 0.5) is 0 Å². The first-order chi connectivity index (χ1) is 20.2. The van der Waals surface area contributed by atoms with E-state index < -0.39 is 40.0 Å². The van der Waals surface area contributed by atoms with Crippen molar-refractivity contribution in [3.63, 3.8) is 0 Å². The first kappa shape index (κ1) is 29.4. The topological polar surface area (TPSA) is 80.8 Å². The Balaban J connectivity index is 1.49. The smallest absolute Gasteiger partial charge is 0.317 e. The highest BCUT2D eigenvalue weighted by Gasteiger charge is 2.49. The summed E-state index contributed by atoms with van der Waals surface area (Å²) in [5, 5.41) is 0. The van der Waals surface area contributed by atoms with Crippen molar-refractivity contribution in [2.24, 2.45) is 5.92 Å². The highest BCUT2D eigenvalue weighted by Crippen LogP contribution is 2.49. The van der Waals surface area contributed by atoms with Crippen LogP contribution in [0.25, 0.3) is 0 Å². The van der Waals surface area contributed by atoms with Gasteiger partial charge < -0.3 is 4.74 Å². The molecule has 42 heavy (non-hydrogen) atoms. The lowest BCUT2D eigenvalue weighted by Gasteiger charge is -2.32. The van der Waals surface area contributed by atoms with Crippen LogP contribution in [0.5, 0.6) is 0 Å². The number of esters is 1. The first-order valence-corrected chi connectivity index (χ1v) is 15.5. The summed E-state index contributed by atoms with van der Waals surface area (Å²) < 4.78 is 34.6. The van der Waals surface area contributed by atoms with Crippen molar-refractivity contribution < 1.29 is 22.7 Å². The molecule has 0 saturated heterocycles. The van der Waals surface area contributed by atoms with Crippen LogP contribution in [0.15, 0.2) is 120 Å². The third-order valence-electron chi connectivity index (χ3n) is 8.31. The van der Waals surface area contributed by atoms with E-state index in [1.807, 2.05) is 85.8 Å². The molecule has 0 N–H and O–H groups in total. The minimum atomic E-state index is -3.90. The van der Waals surface area contributed by atoms with Gasteiger partial charge in [0.2, 0.25) is 10.0 Å². The number of likely N-dealkylation sites (N-methyl/N-ethyl adjacent to an activating group) is 1. The summed E-state index contributed by atoms with van der Waals surface area (Å²) in [5.74, 6) is -2.43. The summed E-state index contributed by atoms with van der Waals surface area (Å²) >= 11 is 0. The number of ether oxygens (including phenoxy) is 1. The fourth-order valence-electron chi connectivity index (χ4n) is 5.88. The van der Waals surface area contributed by atoms with Gasteiger partial charge in [0, 0.05) is 19.4 Å². The molecule has 7 heteroatoms. The number of carbonyl (C=O) groups is 2. The lowest BCUT2D eigenvalue weighted by molar-refractivity contribution is -0.159. The van der Waals surface area contributed by atoms with Gasteiger partial charge >= 0.3 is 5.97 Å². The number of Topliss-reactive ketones (excluding diaryl/α,β-unsaturated/α-hetero) is 1. The van der Waals surface area contributed by atoms with E-state index in [1.54, 1.807) is 43.3 Å². The quantitative estimate of drug-likeness (QED) is 0.168. The Bertz CT molecular complexity index is 1620. The van der Waals surface area contributed by atoms with E-state index in [0.717, 1.165) is 16.7 Å². The van der Waals surface area contributed by atoms with Gasteiger partial charge in [-0.1, -0.05) is 109 Å². The highest BCUT2D eigenvalue weighted by molar-refractivity contribution is 7.89. The Morgan fingerprint density at radius 1 is 0.810 bits per heavy atom. The summed E-state index contributed by atoms with van der Waals surface area (Å²) in [5.41, 5.74) is 3.48. The summed E-state index contributed by atoms with van der Waals surface area (Å²) in [6.45, 7) is 3.61. The number of aryl methyl sites for hydroxylation is 1. The van der Waals surface area contributed by atoms with Crippen molar-refractivity contribution in [2.75, 3.05) is 7.05 Å². The lowest BCUT2D eigenvalue weighted by Crippen LogP contribution is -2.41. The number of benzene rings is 4. The Hall–Kier alpha value is -4.07. The maximum absolute atomic E-state index is 14.1. The molecule has 216 valence electrons. The van der Waals surface area contributed by atoms with Crippen LogP contribution in [-0.2, 0) is 24.3 Å². The van der Waals surface area contributed by atoms with E-state index in [2.05, 4.69) is 0 Å². The minimum absolute atomic E-state index is 0.154. The maximum atomic E-state index is 14.1. The second kappa shape index (κ2) is 12.4. The summed E-state index contributed by atoms with van der Waals surface area (Å²) in [7, 11) is -2.41. The summed E-state index contributed by atoms with van der Waals surface area (Å²) in [6.07, 6.45) is -0.722. The van der Waals surface area contributed by atoms with Crippen molar-refractivity contribution in [3.8, 4) is 0 Å². The molecule has 5 rings (SSSR count). The molecular weight excluding hydrogens is 546 g/mol. The Kier molecular flexibility index (Phi) is 8.71. The van der Waals surface area contributed by atoms with Gasteiger partial charge in [0.25, 0.3) is 0 Å². The van der Waals surface area contributed by atoms with E-state index in [9.17, 15) is 18.0 Å². The Morgan fingerprint density at radius 2 is 1.33 bits per heavy atom. The van der Waals surface area contributed by atoms with Crippen LogP contribution in [0.3, 0.4) is 0 Å². The summed E-state index contributed by atoms with van der Waals surface area (Å²) in [6, 6.07) is 34.3. The van der Waals surface area contributed by atoms with Gasteiger partial charge in [0.05, 0.1) is 10.9 Å². The van der Waals surface area contributed by atoms with Gasteiger partial charge in [-0.05, 0) is 48.6 Å². The fourth-order valence-corrected chi connectivity index (χ4v) is 7.24. The third kappa shape index (κ3) is 5.94. The summed E-state index contributed by atoms with van der Waals surface area (Å²) in [4.78, 5) is 27.8. The van der Waals surface area contributed by atoms with Crippen LogP contribution in [-0.4, -0.2) is 37.6 Å². The molecule has 1 aliphatic carbocycles. The standard InChI is InChI=1S/C35H35NO5S/c1-24-19-21-29(22-20-24)42(39,40)36(3)25(2)34(28-17-11-6-12-18-28)41-35(38)33-31(37)23-30(26-13-7-4-8-14-26)32(33)27-15-9-5-10-16-27/h4-22,25,30,32-34H,23H2,1-3H3/t25-,30-,32-,33+,34-/m0/s1. The van der Waals surface area contributed by atoms with E-state index in [1.165, 1.54) is 11.4 Å². The molecule has 1 aliphatic rings. The van der Waals surface area contributed by atoms with E-state index in [-0.39, 0.29) is 23.0 Å². The second-order valence-electron chi connectivity index (χ2n) is 10.9. The van der Waals surface area contributed by atoms with Crippen LogP contribution >= 0.6 is 0 Å². The molecular formula is C35H35NO5S. The molecule has 6 nitrogen and oxygen atoms in total. The fraction of sp³-hybridized carbons (Fsp3) is 0.257. The molecule has 1 saturated carbocycles. The van der Waals surface area contributed by atoms with Crippen molar-refractivity contribution in [3.05, 3.63) is 138 Å². The van der Waals surface area contributed by atoms with Crippen LogP contribution in [0.2, 0.25) is 0 Å². The van der Waals surface area contributed by atoms with E-state index in [0.29, 0.717) is 5.56 Å². The second-order valence-corrected chi connectivity index (χ2v) is 12.9. The van der Waals surface area contributed by atoms with Gasteiger partial charge in [-0.25, -0.2) is 8.42 Å². The van der Waals surface area contributed by atoms with Gasteiger partial charge in [-0.2, -0.15) is 4.31 Å². The van der Waals surface area contributed by atoms with Gasteiger partial charge in [0.15, 0.2) is 0 Å². The highest BCUT2D eigenvalue weighted by atomic mass is 32.2. The number of carbonyl (C=O) groups excluding carboxylic acids is 2. The van der Waals surface area contributed by atoms with E-state index >= 15 is 0 Å².